The fraction of sp³-hybridized carbons (Fsp3) is 1.00. The molecule has 0 aromatic carbocycles. The van der Waals surface area contributed by atoms with E-state index in [0.29, 0.717) is 0 Å². The van der Waals surface area contributed by atoms with Crippen molar-refractivity contribution in [2.45, 2.75) is 45.3 Å². The van der Waals surface area contributed by atoms with Crippen LogP contribution in [-0.4, -0.2) is 21.6 Å². The van der Waals surface area contributed by atoms with Crippen LogP contribution in [-0.2, 0) is 4.74 Å². The third-order valence-electron chi connectivity index (χ3n) is 1.70. The molecule has 0 bridgehead atoms. The largest absolute Gasteiger partial charge is 0.381 e. The van der Waals surface area contributed by atoms with E-state index in [9.17, 15) is 4.11 Å². The first-order valence-electron chi connectivity index (χ1n) is 4.83. The molecule has 0 rings (SSSR count). The van der Waals surface area contributed by atoms with Gasteiger partial charge in [-0.15, -0.1) is 0 Å². The van der Waals surface area contributed by atoms with Gasteiger partial charge < -0.3 is 8.84 Å². The number of halogens is 1. The maximum atomic E-state index is 13.0. The van der Waals surface area contributed by atoms with Crippen LogP contribution in [0.15, 0.2) is 0 Å². The summed E-state index contributed by atoms with van der Waals surface area (Å²) >= 11 is 0. The summed E-state index contributed by atoms with van der Waals surface area (Å²) in [5, 5.41) is 0. The first-order valence-corrected chi connectivity index (χ1v) is 7.91. The van der Waals surface area contributed by atoms with Gasteiger partial charge in [0.25, 0.3) is 0 Å². The highest BCUT2D eigenvalue weighted by molar-refractivity contribution is 6.70. The number of unbranched alkanes of at least 4 members (excludes halogenated alkanes) is 1. The number of hydrogen-bond acceptors (Lipinski definition) is 1. The molecule has 74 valence electrons. The minimum Gasteiger partial charge on any atom is -0.381 e. The second-order valence-corrected chi connectivity index (χ2v) is 7.73. The van der Waals surface area contributed by atoms with E-state index in [1.54, 1.807) is 13.1 Å². The third kappa shape index (κ3) is 10.1. The SMILES string of the molecule is CCCCOCCC[Si](C)(C)F. The molecular weight excluding hydrogens is 171 g/mol. The summed E-state index contributed by atoms with van der Waals surface area (Å²) in [5.74, 6) is 0. The molecule has 0 heterocycles. The van der Waals surface area contributed by atoms with Gasteiger partial charge in [0.15, 0.2) is 0 Å². The van der Waals surface area contributed by atoms with Crippen molar-refractivity contribution in [3.05, 3.63) is 0 Å². The summed E-state index contributed by atoms with van der Waals surface area (Å²) in [7, 11) is -2.31. The Morgan fingerprint density at radius 2 is 1.75 bits per heavy atom. The van der Waals surface area contributed by atoms with Gasteiger partial charge in [0.05, 0.1) is 0 Å². The molecule has 1 nitrogen and oxygen atoms in total. The van der Waals surface area contributed by atoms with E-state index < -0.39 is 8.41 Å². The quantitative estimate of drug-likeness (QED) is 0.341. The summed E-state index contributed by atoms with van der Waals surface area (Å²) in [6.07, 6.45) is 3.18. The van der Waals surface area contributed by atoms with E-state index >= 15 is 0 Å². The van der Waals surface area contributed by atoms with Crippen molar-refractivity contribution < 1.29 is 8.84 Å². The van der Waals surface area contributed by atoms with E-state index in [1.807, 2.05) is 0 Å². The zero-order valence-electron chi connectivity index (χ0n) is 8.53. The van der Waals surface area contributed by atoms with E-state index in [4.69, 9.17) is 4.74 Å². The maximum Gasteiger partial charge on any atom is 0.241 e. The Morgan fingerprint density at radius 3 is 2.25 bits per heavy atom. The summed E-state index contributed by atoms with van der Waals surface area (Å²) in [6, 6.07) is 0.735. The van der Waals surface area contributed by atoms with Gasteiger partial charge in [-0.25, -0.2) is 0 Å². The fourth-order valence-electron chi connectivity index (χ4n) is 0.943. The molecule has 3 heteroatoms. The molecule has 0 radical (unpaired) electrons. The molecule has 0 saturated heterocycles. The molecular formula is C9H21FOSi. The van der Waals surface area contributed by atoms with Crippen LogP contribution in [0.1, 0.15) is 26.2 Å². The molecule has 0 aromatic heterocycles. The highest BCUT2D eigenvalue weighted by Gasteiger charge is 2.18. The van der Waals surface area contributed by atoms with Crippen LogP contribution < -0.4 is 0 Å². The zero-order chi connectivity index (χ0) is 9.45. The van der Waals surface area contributed by atoms with Gasteiger partial charge in [0, 0.05) is 13.2 Å². The summed E-state index contributed by atoms with van der Waals surface area (Å²) in [4.78, 5) is 0. The van der Waals surface area contributed by atoms with Crippen LogP contribution in [0, 0.1) is 0 Å². The van der Waals surface area contributed by atoms with Crippen molar-refractivity contribution >= 4 is 8.41 Å². The van der Waals surface area contributed by atoms with E-state index in [-0.39, 0.29) is 0 Å². The lowest BCUT2D eigenvalue weighted by Gasteiger charge is -2.10. The van der Waals surface area contributed by atoms with Crippen molar-refractivity contribution in [2.24, 2.45) is 0 Å². The first kappa shape index (κ1) is 12.1. The Morgan fingerprint density at radius 1 is 1.17 bits per heavy atom. The number of rotatable bonds is 7. The number of hydrogen-bond donors (Lipinski definition) is 0. The van der Waals surface area contributed by atoms with E-state index in [2.05, 4.69) is 6.92 Å². The Labute approximate surface area is 76.5 Å². The van der Waals surface area contributed by atoms with Gasteiger partial charge in [-0.2, -0.15) is 0 Å². The lowest BCUT2D eigenvalue weighted by atomic mass is 10.4. The van der Waals surface area contributed by atoms with Crippen LogP contribution in [0.3, 0.4) is 0 Å². The number of ether oxygens (including phenoxy) is 1. The predicted octanol–water partition coefficient (Wildman–Crippen LogP) is 3.37. The zero-order valence-corrected chi connectivity index (χ0v) is 9.53. The average Bonchev–Trinajstić information content (AvgIpc) is 1.94. The molecule has 12 heavy (non-hydrogen) atoms. The van der Waals surface area contributed by atoms with Crippen LogP contribution in [0.5, 0.6) is 0 Å². The van der Waals surface area contributed by atoms with Gasteiger partial charge >= 0.3 is 0 Å². The van der Waals surface area contributed by atoms with Crippen molar-refractivity contribution in [1.29, 1.82) is 0 Å². The Bertz CT molecular complexity index is 101. The Balaban J connectivity index is 3.01. The lowest BCUT2D eigenvalue weighted by Crippen LogP contribution is -2.18. The molecule has 0 aliphatic heterocycles. The van der Waals surface area contributed by atoms with Crippen LogP contribution >= 0.6 is 0 Å². The molecule has 0 unspecified atom stereocenters. The normalized spacial score (nSPS) is 12.0. The molecule has 0 fully saturated rings. The second-order valence-electron chi connectivity index (χ2n) is 3.79. The Kier molecular flexibility index (Phi) is 6.66. The highest BCUT2D eigenvalue weighted by atomic mass is 28.4. The van der Waals surface area contributed by atoms with Gasteiger partial charge in [-0.05, 0) is 32.0 Å². The first-order chi connectivity index (χ1) is 5.56. The smallest absolute Gasteiger partial charge is 0.241 e. The minimum absolute atomic E-state index is 0.735. The highest BCUT2D eigenvalue weighted by Crippen LogP contribution is 2.12. The van der Waals surface area contributed by atoms with Crippen molar-refractivity contribution in [3.63, 3.8) is 0 Å². The van der Waals surface area contributed by atoms with Gasteiger partial charge in [0.1, 0.15) is 0 Å². The minimum atomic E-state index is -2.31. The maximum absolute atomic E-state index is 13.0. The third-order valence-corrected chi connectivity index (χ3v) is 3.24. The van der Waals surface area contributed by atoms with Crippen LogP contribution in [0.25, 0.3) is 0 Å². The van der Waals surface area contributed by atoms with Crippen molar-refractivity contribution in [2.75, 3.05) is 13.2 Å². The van der Waals surface area contributed by atoms with E-state index in [0.717, 1.165) is 32.1 Å². The molecule has 0 amide bonds. The summed E-state index contributed by atoms with van der Waals surface area (Å²) < 4.78 is 18.4. The molecule has 0 atom stereocenters. The lowest BCUT2D eigenvalue weighted by molar-refractivity contribution is 0.131. The van der Waals surface area contributed by atoms with Gasteiger partial charge in [-0.3, -0.25) is 0 Å². The van der Waals surface area contributed by atoms with Crippen molar-refractivity contribution in [1.82, 2.24) is 0 Å². The van der Waals surface area contributed by atoms with Gasteiger partial charge in [0.2, 0.25) is 8.41 Å². The van der Waals surface area contributed by atoms with E-state index in [1.165, 1.54) is 6.42 Å². The van der Waals surface area contributed by atoms with Crippen LogP contribution in [0.2, 0.25) is 19.1 Å². The monoisotopic (exact) mass is 192 g/mol. The van der Waals surface area contributed by atoms with Gasteiger partial charge in [-0.1, -0.05) is 13.3 Å². The summed E-state index contributed by atoms with van der Waals surface area (Å²) in [6.45, 7) is 7.21. The Hall–Kier alpha value is 0.107. The molecule has 0 aliphatic rings. The fourth-order valence-corrected chi connectivity index (χ4v) is 1.93. The van der Waals surface area contributed by atoms with Crippen LogP contribution in [0.4, 0.5) is 4.11 Å². The summed E-state index contributed by atoms with van der Waals surface area (Å²) in [5.41, 5.74) is 0. The second kappa shape index (κ2) is 6.60. The molecule has 0 spiro atoms. The topological polar surface area (TPSA) is 9.23 Å². The average molecular weight is 192 g/mol. The van der Waals surface area contributed by atoms with Crippen molar-refractivity contribution in [3.8, 4) is 0 Å². The predicted molar refractivity (Wildman–Crippen MR) is 53.7 cm³/mol. The molecule has 0 saturated carbocycles. The standard InChI is InChI=1S/C9H21FOSi/c1-4-5-7-11-8-6-9-12(2,3)10/h4-9H2,1-3H3. The molecule has 0 aliphatic carbocycles. The molecule has 0 aromatic rings. The molecule has 0 N–H and O–H groups in total.